The molecule has 2 heterocycles. The number of likely N-dealkylation sites (tertiary alicyclic amines) is 1. The van der Waals surface area contributed by atoms with Crippen molar-refractivity contribution in [2.24, 2.45) is 5.73 Å². The molecule has 0 unspecified atom stereocenters. The largest absolute Gasteiger partial charge is 0.350 e. The van der Waals surface area contributed by atoms with Gasteiger partial charge in [-0.05, 0) is 43.0 Å². The zero-order valence-corrected chi connectivity index (χ0v) is 17.4. The Balaban J connectivity index is 1.38. The van der Waals surface area contributed by atoms with Crippen LogP contribution in [0.5, 0.6) is 0 Å². The molecule has 1 aliphatic rings. The van der Waals surface area contributed by atoms with Crippen molar-refractivity contribution in [3.8, 4) is 5.69 Å². The summed E-state index contributed by atoms with van der Waals surface area (Å²) in [4.78, 5) is 15.4. The molecule has 0 saturated carbocycles. The molecule has 30 heavy (non-hydrogen) atoms. The molecule has 0 atom stereocenters. The van der Waals surface area contributed by atoms with E-state index in [0.717, 1.165) is 43.7 Å². The van der Waals surface area contributed by atoms with Crippen molar-refractivity contribution in [1.82, 2.24) is 19.2 Å². The Morgan fingerprint density at radius 1 is 1.10 bits per heavy atom. The Kier molecular flexibility index (Phi) is 6.26. The van der Waals surface area contributed by atoms with Crippen molar-refractivity contribution in [1.29, 1.82) is 0 Å². The molecule has 1 aromatic heterocycles. The van der Waals surface area contributed by atoms with Gasteiger partial charge in [0.25, 0.3) is 0 Å². The van der Waals surface area contributed by atoms with Crippen LogP contribution in [0, 0.1) is 0 Å². The predicted molar refractivity (Wildman–Crippen MR) is 121 cm³/mol. The van der Waals surface area contributed by atoms with Crippen LogP contribution in [-0.2, 0) is 6.54 Å². The fourth-order valence-corrected chi connectivity index (χ4v) is 4.10. The van der Waals surface area contributed by atoms with Crippen molar-refractivity contribution in [3.05, 3.63) is 88.1 Å². The fraction of sp³-hybridized carbons (Fsp3) is 0.333. The average molecular weight is 404 g/mol. The summed E-state index contributed by atoms with van der Waals surface area (Å²) in [5.41, 5.74) is 9.98. The molecule has 3 aromatic rings. The minimum Gasteiger partial charge on any atom is -0.326 e. The summed E-state index contributed by atoms with van der Waals surface area (Å²) >= 11 is 0. The lowest BCUT2D eigenvalue weighted by Gasteiger charge is -2.32. The summed E-state index contributed by atoms with van der Waals surface area (Å²) in [6.07, 6.45) is 5.84. The molecule has 1 fully saturated rings. The lowest BCUT2D eigenvalue weighted by atomic mass is 10.0. The molecule has 0 aliphatic carbocycles. The molecule has 6 nitrogen and oxygen atoms in total. The lowest BCUT2D eigenvalue weighted by molar-refractivity contribution is 0.197. The Hall–Kier alpha value is -2.96. The second kappa shape index (κ2) is 9.24. The van der Waals surface area contributed by atoms with E-state index in [0.29, 0.717) is 6.54 Å². The maximum absolute atomic E-state index is 12.9. The van der Waals surface area contributed by atoms with Crippen LogP contribution in [0.1, 0.15) is 36.9 Å². The van der Waals surface area contributed by atoms with Crippen molar-refractivity contribution in [3.63, 3.8) is 0 Å². The van der Waals surface area contributed by atoms with Crippen molar-refractivity contribution < 1.29 is 0 Å². The first kappa shape index (κ1) is 20.3. The first-order valence-corrected chi connectivity index (χ1v) is 10.5. The molecule has 1 aliphatic heterocycles. The number of hydrogen-bond donors (Lipinski definition) is 1. The highest BCUT2D eigenvalue weighted by Gasteiger charge is 2.23. The minimum atomic E-state index is -0.0749. The van der Waals surface area contributed by atoms with Gasteiger partial charge in [-0.1, -0.05) is 54.1 Å². The summed E-state index contributed by atoms with van der Waals surface area (Å²) in [6.45, 7) is 5.59. The number of nitrogens with two attached hydrogens (primary N) is 1. The van der Waals surface area contributed by atoms with E-state index in [1.54, 1.807) is 10.9 Å². The molecule has 156 valence electrons. The Bertz CT molecular complexity index is 1040. The molecule has 1 saturated heterocycles. The van der Waals surface area contributed by atoms with Crippen molar-refractivity contribution in [2.45, 2.75) is 32.4 Å². The van der Waals surface area contributed by atoms with Crippen LogP contribution >= 0.6 is 0 Å². The van der Waals surface area contributed by atoms with E-state index in [-0.39, 0.29) is 11.7 Å². The second-order valence-electron chi connectivity index (χ2n) is 8.01. The normalized spacial score (nSPS) is 16.1. The second-order valence-corrected chi connectivity index (χ2v) is 8.01. The fourth-order valence-electron chi connectivity index (χ4n) is 4.10. The van der Waals surface area contributed by atoms with Crippen LogP contribution in [0.2, 0.25) is 0 Å². The number of hydrogen-bond acceptors (Lipinski definition) is 4. The van der Waals surface area contributed by atoms with E-state index >= 15 is 0 Å². The van der Waals surface area contributed by atoms with Crippen LogP contribution in [0.3, 0.4) is 0 Å². The number of piperidine rings is 1. The summed E-state index contributed by atoms with van der Waals surface area (Å²) < 4.78 is 3.26. The SMILES string of the molecule is C/C(=C\c1ccccc1)CN1CCC(n2cnn(-c3ccc(CN)cc3)c2=O)CC1. The number of rotatable bonds is 6. The first-order chi connectivity index (χ1) is 14.6. The summed E-state index contributed by atoms with van der Waals surface area (Å²) in [6, 6.07) is 18.3. The molecule has 2 N–H and O–H groups in total. The minimum absolute atomic E-state index is 0.0749. The molecular weight excluding hydrogens is 374 g/mol. The van der Waals surface area contributed by atoms with Crippen LogP contribution in [0.15, 0.2) is 71.3 Å². The number of benzene rings is 2. The summed E-state index contributed by atoms with van der Waals surface area (Å²) in [5.74, 6) is 0. The molecular formula is C24H29N5O. The van der Waals surface area contributed by atoms with E-state index in [2.05, 4.69) is 47.3 Å². The highest BCUT2D eigenvalue weighted by Crippen LogP contribution is 2.22. The third-order valence-electron chi connectivity index (χ3n) is 5.75. The summed E-state index contributed by atoms with van der Waals surface area (Å²) in [5, 5.41) is 4.34. The lowest BCUT2D eigenvalue weighted by Crippen LogP contribution is -2.38. The smallest absolute Gasteiger partial charge is 0.326 e. The molecule has 0 spiro atoms. The van der Waals surface area contributed by atoms with Gasteiger partial charge in [0.1, 0.15) is 6.33 Å². The van der Waals surface area contributed by atoms with Gasteiger partial charge in [0.05, 0.1) is 5.69 Å². The van der Waals surface area contributed by atoms with Gasteiger partial charge in [-0.3, -0.25) is 9.47 Å². The standard InChI is InChI=1S/C24H29N5O/c1-19(15-20-5-3-2-4-6-20)17-27-13-11-22(12-14-27)28-18-26-29(24(28)30)23-9-7-21(16-25)8-10-23/h2-10,15,18,22H,11-14,16-17,25H2,1H3/b19-15+. The van der Waals surface area contributed by atoms with Gasteiger partial charge in [0.15, 0.2) is 0 Å². The van der Waals surface area contributed by atoms with E-state index < -0.39 is 0 Å². The quantitative estimate of drug-likeness (QED) is 0.686. The maximum Gasteiger partial charge on any atom is 0.350 e. The van der Waals surface area contributed by atoms with E-state index in [1.165, 1.54) is 15.8 Å². The molecule has 2 aromatic carbocycles. The molecule has 0 amide bonds. The Labute approximate surface area is 177 Å². The zero-order valence-electron chi connectivity index (χ0n) is 17.4. The first-order valence-electron chi connectivity index (χ1n) is 10.5. The predicted octanol–water partition coefficient (Wildman–Crippen LogP) is 3.23. The van der Waals surface area contributed by atoms with Crippen molar-refractivity contribution >= 4 is 6.08 Å². The Morgan fingerprint density at radius 2 is 1.80 bits per heavy atom. The molecule has 6 heteroatoms. The van der Waals surface area contributed by atoms with E-state index in [4.69, 9.17) is 5.73 Å². The Morgan fingerprint density at radius 3 is 2.47 bits per heavy atom. The van der Waals surface area contributed by atoms with Gasteiger partial charge in [0.2, 0.25) is 0 Å². The third kappa shape index (κ3) is 4.61. The summed E-state index contributed by atoms with van der Waals surface area (Å²) in [7, 11) is 0. The van der Waals surface area contributed by atoms with Gasteiger partial charge in [-0.25, -0.2) is 4.79 Å². The van der Waals surface area contributed by atoms with Crippen LogP contribution < -0.4 is 11.4 Å². The number of nitrogens with zero attached hydrogens (tertiary/aromatic N) is 4. The van der Waals surface area contributed by atoms with Gasteiger partial charge in [-0.2, -0.15) is 9.78 Å². The highest BCUT2D eigenvalue weighted by molar-refractivity contribution is 5.52. The van der Waals surface area contributed by atoms with Gasteiger partial charge in [0, 0.05) is 32.2 Å². The maximum atomic E-state index is 12.9. The topological polar surface area (TPSA) is 69.1 Å². The molecule has 4 rings (SSSR count). The third-order valence-corrected chi connectivity index (χ3v) is 5.75. The molecule has 0 radical (unpaired) electrons. The van der Waals surface area contributed by atoms with Crippen molar-refractivity contribution in [2.75, 3.05) is 19.6 Å². The number of aromatic nitrogens is 3. The van der Waals surface area contributed by atoms with Gasteiger partial charge in [-0.15, -0.1) is 0 Å². The average Bonchev–Trinajstić information content (AvgIpc) is 3.16. The monoisotopic (exact) mass is 403 g/mol. The van der Waals surface area contributed by atoms with E-state index in [9.17, 15) is 4.79 Å². The zero-order chi connectivity index (χ0) is 20.9. The highest BCUT2D eigenvalue weighted by atomic mass is 16.2. The van der Waals surface area contributed by atoms with E-state index in [1.807, 2.05) is 30.3 Å². The van der Waals surface area contributed by atoms with Gasteiger partial charge < -0.3 is 5.73 Å². The molecule has 0 bridgehead atoms. The van der Waals surface area contributed by atoms with Crippen LogP contribution in [0.25, 0.3) is 11.8 Å². The van der Waals surface area contributed by atoms with Crippen LogP contribution in [0.4, 0.5) is 0 Å². The van der Waals surface area contributed by atoms with Gasteiger partial charge >= 0.3 is 5.69 Å². The van der Waals surface area contributed by atoms with Crippen LogP contribution in [-0.4, -0.2) is 38.9 Å².